The fourth-order valence-corrected chi connectivity index (χ4v) is 4.50. The minimum absolute atomic E-state index is 0.0453. The van der Waals surface area contributed by atoms with Crippen molar-refractivity contribution in [3.8, 4) is 5.75 Å². The van der Waals surface area contributed by atoms with Gasteiger partial charge in [-0.05, 0) is 47.5 Å². The van der Waals surface area contributed by atoms with Crippen molar-refractivity contribution in [2.75, 3.05) is 11.9 Å². The fraction of sp³-hybridized carbons (Fsp3) is 0.259. The van der Waals surface area contributed by atoms with E-state index in [-0.39, 0.29) is 18.6 Å². The lowest BCUT2D eigenvalue weighted by Gasteiger charge is -2.15. The van der Waals surface area contributed by atoms with Gasteiger partial charge in [-0.25, -0.2) is 4.79 Å². The zero-order valence-corrected chi connectivity index (χ0v) is 22.6. The van der Waals surface area contributed by atoms with E-state index in [0.717, 1.165) is 22.9 Å². The van der Waals surface area contributed by atoms with Crippen LogP contribution in [-0.2, 0) is 22.4 Å². The molecule has 35 heavy (non-hydrogen) atoms. The average Bonchev–Trinajstić information content (AvgIpc) is 2.78. The summed E-state index contributed by atoms with van der Waals surface area (Å²) in [5.41, 5.74) is 3.04. The van der Waals surface area contributed by atoms with Gasteiger partial charge in [0.1, 0.15) is 11.5 Å². The Bertz CT molecular complexity index is 1160. The molecule has 3 aromatic carbocycles. The molecule has 0 aromatic heterocycles. The lowest BCUT2D eigenvalue weighted by molar-refractivity contribution is -0.117. The number of ether oxygens (including phenoxy) is 2. The van der Waals surface area contributed by atoms with Crippen molar-refractivity contribution in [1.29, 1.82) is 0 Å². The van der Waals surface area contributed by atoms with Gasteiger partial charge >= 0.3 is 6.16 Å². The summed E-state index contributed by atoms with van der Waals surface area (Å²) in [6.45, 7) is 7.00. The second-order valence-corrected chi connectivity index (χ2v) is 15.9. The minimum Gasteiger partial charge on any atom is -0.434 e. The molecule has 0 aliphatic heterocycles. The first-order valence-electron chi connectivity index (χ1n) is 11.3. The van der Waals surface area contributed by atoms with Gasteiger partial charge in [0.05, 0.1) is 22.3 Å². The molecule has 1 N–H and O–H groups in total. The zero-order valence-electron chi connectivity index (χ0n) is 20.1. The summed E-state index contributed by atoms with van der Waals surface area (Å²) in [6, 6.07) is 20.6. The molecule has 0 radical (unpaired) electrons. The normalized spacial score (nSPS) is 11.1. The fourth-order valence-electron chi connectivity index (χ4n) is 3.29. The third-order valence-corrected chi connectivity index (χ3v) is 7.56. The van der Waals surface area contributed by atoms with E-state index in [0.29, 0.717) is 28.1 Å². The maximum absolute atomic E-state index is 12.8. The molecule has 3 aromatic rings. The third kappa shape index (κ3) is 8.73. The van der Waals surface area contributed by atoms with E-state index < -0.39 is 14.2 Å². The van der Waals surface area contributed by atoms with Crippen LogP contribution in [0, 0.1) is 0 Å². The first-order chi connectivity index (χ1) is 16.6. The third-order valence-electron chi connectivity index (χ3n) is 5.23. The number of hydrogen-bond acceptors (Lipinski definition) is 5. The van der Waals surface area contributed by atoms with E-state index in [1.165, 1.54) is 0 Å². The van der Waals surface area contributed by atoms with Crippen LogP contribution in [0.2, 0.25) is 35.7 Å². The van der Waals surface area contributed by atoms with E-state index >= 15 is 0 Å². The molecule has 0 saturated carbocycles. The largest absolute Gasteiger partial charge is 0.513 e. The summed E-state index contributed by atoms with van der Waals surface area (Å²) < 4.78 is 10.4. The first-order valence-corrected chi connectivity index (χ1v) is 15.8. The maximum Gasteiger partial charge on any atom is 0.513 e. The molecule has 8 heteroatoms. The smallest absolute Gasteiger partial charge is 0.434 e. The molecule has 0 saturated heterocycles. The Kier molecular flexibility index (Phi) is 9.38. The molecule has 0 aliphatic carbocycles. The predicted molar refractivity (Wildman–Crippen MR) is 145 cm³/mol. The number of carbonyl (C=O) groups excluding carboxylic acids is 2. The molecule has 3 rings (SSSR count). The van der Waals surface area contributed by atoms with Crippen LogP contribution in [-0.4, -0.2) is 26.6 Å². The van der Waals surface area contributed by atoms with E-state index in [9.17, 15) is 9.59 Å². The summed E-state index contributed by atoms with van der Waals surface area (Å²) >= 11 is 12.6. The standard InChI is InChI=1S/C27H29Cl2NO4Si/c1-35(2,3)16-15-33-27(32)34-22-13-11-19(12-14-22)17-21(31)18-20-7-4-5-10-25(20)30-26-23(28)8-6-9-24(26)29/h4-14,30H,15-18H2,1-3H3. The number of hydrogen-bond donors (Lipinski definition) is 1. The molecule has 5 nitrogen and oxygen atoms in total. The first kappa shape index (κ1) is 26.8. The van der Waals surface area contributed by atoms with Crippen molar-refractivity contribution in [2.45, 2.75) is 38.5 Å². The van der Waals surface area contributed by atoms with Crippen LogP contribution in [0.15, 0.2) is 66.7 Å². The van der Waals surface area contributed by atoms with Crippen LogP contribution in [0.3, 0.4) is 0 Å². The highest BCUT2D eigenvalue weighted by molar-refractivity contribution is 6.76. The zero-order chi connectivity index (χ0) is 25.4. The lowest BCUT2D eigenvalue weighted by atomic mass is 10.0. The van der Waals surface area contributed by atoms with Gasteiger partial charge < -0.3 is 14.8 Å². The number of anilines is 2. The summed E-state index contributed by atoms with van der Waals surface area (Å²) in [7, 11) is -1.28. The van der Waals surface area contributed by atoms with Crippen LogP contribution >= 0.6 is 23.2 Å². The molecular weight excluding hydrogens is 501 g/mol. The molecule has 0 spiro atoms. The van der Waals surface area contributed by atoms with Crippen molar-refractivity contribution in [3.05, 3.63) is 87.9 Å². The minimum atomic E-state index is -1.28. The number of halogens is 2. The molecule has 184 valence electrons. The number of Topliss-reactive ketones (excluding diaryl/α,β-unsaturated/α-hetero) is 1. The SMILES string of the molecule is C[Si](C)(C)CCOC(=O)Oc1ccc(CC(=O)Cc2ccccc2Nc2c(Cl)cccc2Cl)cc1. The number of ketones is 1. The molecule has 0 amide bonds. The van der Waals surface area contributed by atoms with Gasteiger partial charge in [-0.1, -0.05) is 79.2 Å². The van der Waals surface area contributed by atoms with E-state index in [1.54, 1.807) is 42.5 Å². The van der Waals surface area contributed by atoms with Crippen molar-refractivity contribution < 1.29 is 19.1 Å². The number of carbonyl (C=O) groups is 2. The molecule has 0 fully saturated rings. The average molecular weight is 531 g/mol. The maximum atomic E-state index is 12.8. The van der Waals surface area contributed by atoms with E-state index in [2.05, 4.69) is 25.0 Å². The van der Waals surface area contributed by atoms with Crippen LogP contribution < -0.4 is 10.1 Å². The van der Waals surface area contributed by atoms with Gasteiger partial charge in [-0.15, -0.1) is 0 Å². The second-order valence-electron chi connectivity index (χ2n) is 9.43. The van der Waals surface area contributed by atoms with Crippen LogP contribution in [0.4, 0.5) is 16.2 Å². The van der Waals surface area contributed by atoms with Crippen molar-refractivity contribution in [3.63, 3.8) is 0 Å². The molecule has 0 bridgehead atoms. The van der Waals surface area contributed by atoms with Crippen LogP contribution in [0.5, 0.6) is 5.75 Å². The van der Waals surface area contributed by atoms with Gasteiger partial charge in [-0.2, -0.15) is 0 Å². The summed E-state index contributed by atoms with van der Waals surface area (Å²) in [6.07, 6.45) is -0.218. The predicted octanol–water partition coefficient (Wildman–Crippen LogP) is 7.94. The van der Waals surface area contributed by atoms with E-state index in [1.807, 2.05) is 24.3 Å². The van der Waals surface area contributed by atoms with Gasteiger partial charge in [0, 0.05) is 26.6 Å². The Labute approximate surface area is 217 Å². The summed E-state index contributed by atoms with van der Waals surface area (Å²) in [5.74, 6) is 0.425. The Morgan fingerprint density at radius 1 is 0.857 bits per heavy atom. The highest BCUT2D eigenvalue weighted by atomic mass is 35.5. The number of para-hydroxylation sites is 2. The van der Waals surface area contributed by atoms with Crippen LogP contribution in [0.25, 0.3) is 0 Å². The number of nitrogens with one attached hydrogen (secondary N) is 1. The van der Waals surface area contributed by atoms with Gasteiger partial charge in [0.2, 0.25) is 0 Å². The Hall–Kier alpha value is -2.80. The molecule has 0 heterocycles. The highest BCUT2D eigenvalue weighted by Gasteiger charge is 2.15. The molecular formula is C27H29Cl2NO4Si. The Morgan fingerprint density at radius 3 is 2.17 bits per heavy atom. The Balaban J connectivity index is 1.56. The summed E-state index contributed by atoms with van der Waals surface area (Å²) in [5, 5.41) is 4.25. The van der Waals surface area contributed by atoms with E-state index in [4.69, 9.17) is 32.7 Å². The number of rotatable bonds is 10. The highest BCUT2D eigenvalue weighted by Crippen LogP contribution is 2.33. The van der Waals surface area contributed by atoms with Crippen molar-refractivity contribution in [2.24, 2.45) is 0 Å². The van der Waals surface area contributed by atoms with Crippen LogP contribution in [0.1, 0.15) is 11.1 Å². The quantitative estimate of drug-likeness (QED) is 0.164. The van der Waals surface area contributed by atoms with Gasteiger partial charge in [0.15, 0.2) is 0 Å². The summed E-state index contributed by atoms with van der Waals surface area (Å²) in [4.78, 5) is 24.7. The Morgan fingerprint density at radius 2 is 1.51 bits per heavy atom. The van der Waals surface area contributed by atoms with Crippen molar-refractivity contribution in [1.82, 2.24) is 0 Å². The van der Waals surface area contributed by atoms with Crippen molar-refractivity contribution >= 4 is 54.6 Å². The molecule has 0 atom stereocenters. The monoisotopic (exact) mass is 529 g/mol. The topological polar surface area (TPSA) is 64.6 Å². The number of benzene rings is 3. The second kappa shape index (κ2) is 12.2. The van der Waals surface area contributed by atoms with Gasteiger partial charge in [-0.3, -0.25) is 4.79 Å². The van der Waals surface area contributed by atoms with Gasteiger partial charge in [0.25, 0.3) is 0 Å². The molecule has 0 unspecified atom stereocenters. The lowest BCUT2D eigenvalue weighted by Crippen LogP contribution is -2.23. The molecule has 0 aliphatic rings.